The standard InChI is InChI=1S/C18H12ClNO2S2/c19-15-8-11-17(12-9-15)24(21,22)20-18-6-2-1-4-14(18)7-10-16-5-3-13-23-16/h1-6,8-9,11-13,20H. The Morgan fingerprint density at radius 1 is 0.917 bits per heavy atom. The quantitative estimate of drug-likeness (QED) is 0.682. The van der Waals surface area contributed by atoms with Crippen LogP contribution in [-0.2, 0) is 10.0 Å². The summed E-state index contributed by atoms with van der Waals surface area (Å²) >= 11 is 7.34. The zero-order valence-electron chi connectivity index (χ0n) is 12.4. The fourth-order valence-corrected chi connectivity index (χ4v) is 3.75. The zero-order valence-corrected chi connectivity index (χ0v) is 14.8. The second-order valence-corrected chi connectivity index (χ2v) is 7.90. The second kappa shape index (κ2) is 7.10. The maximum Gasteiger partial charge on any atom is 0.261 e. The molecule has 0 spiro atoms. The van der Waals surface area contributed by atoms with Crippen molar-refractivity contribution in [2.24, 2.45) is 0 Å². The van der Waals surface area contributed by atoms with Gasteiger partial charge in [-0.3, -0.25) is 4.72 Å². The number of hydrogen-bond acceptors (Lipinski definition) is 3. The van der Waals surface area contributed by atoms with Gasteiger partial charge in [-0.15, -0.1) is 11.3 Å². The molecule has 0 unspecified atom stereocenters. The third kappa shape index (κ3) is 3.98. The third-order valence-electron chi connectivity index (χ3n) is 3.14. The minimum atomic E-state index is -3.70. The van der Waals surface area contributed by atoms with Crippen molar-refractivity contribution < 1.29 is 8.42 Å². The third-order valence-corrected chi connectivity index (χ3v) is 5.56. The Labute approximate surface area is 150 Å². The summed E-state index contributed by atoms with van der Waals surface area (Å²) in [7, 11) is -3.70. The molecule has 120 valence electrons. The summed E-state index contributed by atoms with van der Waals surface area (Å²) in [5.41, 5.74) is 1.06. The highest BCUT2D eigenvalue weighted by Crippen LogP contribution is 2.21. The van der Waals surface area contributed by atoms with Gasteiger partial charge >= 0.3 is 0 Å². The van der Waals surface area contributed by atoms with Crippen LogP contribution < -0.4 is 4.72 Å². The minimum absolute atomic E-state index is 0.146. The summed E-state index contributed by atoms with van der Waals surface area (Å²) in [5, 5.41) is 2.43. The van der Waals surface area contributed by atoms with E-state index >= 15 is 0 Å². The van der Waals surface area contributed by atoms with Gasteiger partial charge in [0.2, 0.25) is 0 Å². The largest absolute Gasteiger partial charge is 0.278 e. The van der Waals surface area contributed by atoms with Crippen LogP contribution in [0.4, 0.5) is 5.69 Å². The maximum absolute atomic E-state index is 12.5. The first-order valence-corrected chi connectivity index (χ1v) is 9.72. The number of thiophene rings is 1. The highest BCUT2D eigenvalue weighted by Gasteiger charge is 2.15. The Morgan fingerprint density at radius 2 is 1.67 bits per heavy atom. The molecule has 3 nitrogen and oxygen atoms in total. The van der Waals surface area contributed by atoms with Crippen molar-refractivity contribution in [2.45, 2.75) is 4.90 Å². The molecule has 0 radical (unpaired) electrons. The molecule has 2 aromatic carbocycles. The van der Waals surface area contributed by atoms with Gasteiger partial charge < -0.3 is 0 Å². The number of para-hydroxylation sites is 1. The number of halogens is 1. The summed E-state index contributed by atoms with van der Waals surface area (Å²) in [6.07, 6.45) is 0. The van der Waals surface area contributed by atoms with E-state index in [1.165, 1.54) is 23.5 Å². The number of anilines is 1. The summed E-state index contributed by atoms with van der Waals surface area (Å²) in [6.45, 7) is 0. The van der Waals surface area contributed by atoms with E-state index in [1.807, 2.05) is 23.6 Å². The molecule has 6 heteroatoms. The smallest absolute Gasteiger partial charge is 0.261 e. The van der Waals surface area contributed by atoms with E-state index in [2.05, 4.69) is 16.6 Å². The number of sulfonamides is 1. The number of benzene rings is 2. The van der Waals surface area contributed by atoms with E-state index in [9.17, 15) is 8.42 Å². The van der Waals surface area contributed by atoms with E-state index in [1.54, 1.807) is 30.3 Å². The van der Waals surface area contributed by atoms with E-state index in [0.29, 0.717) is 16.3 Å². The molecular formula is C18H12ClNO2S2. The van der Waals surface area contributed by atoms with Crippen molar-refractivity contribution in [2.75, 3.05) is 4.72 Å². The monoisotopic (exact) mass is 373 g/mol. The van der Waals surface area contributed by atoms with Gasteiger partial charge in [0.05, 0.1) is 15.5 Å². The van der Waals surface area contributed by atoms with Gasteiger partial charge in [-0.1, -0.05) is 41.6 Å². The molecule has 0 saturated carbocycles. The number of hydrogen-bond donors (Lipinski definition) is 1. The molecule has 0 aliphatic heterocycles. The topological polar surface area (TPSA) is 46.2 Å². The average Bonchev–Trinajstić information content (AvgIpc) is 3.07. The molecule has 0 fully saturated rings. The Balaban J connectivity index is 1.91. The first-order chi connectivity index (χ1) is 11.5. The maximum atomic E-state index is 12.5. The van der Waals surface area contributed by atoms with Gasteiger partial charge in [-0.2, -0.15) is 0 Å². The van der Waals surface area contributed by atoms with Gasteiger partial charge in [-0.25, -0.2) is 8.42 Å². The first kappa shape index (κ1) is 16.6. The van der Waals surface area contributed by atoms with E-state index in [0.717, 1.165) is 4.88 Å². The molecule has 24 heavy (non-hydrogen) atoms. The van der Waals surface area contributed by atoms with Crippen LogP contribution >= 0.6 is 22.9 Å². The molecule has 1 aromatic heterocycles. The molecule has 3 aromatic rings. The first-order valence-electron chi connectivity index (χ1n) is 6.97. The Bertz CT molecular complexity index is 999. The predicted molar refractivity (Wildman–Crippen MR) is 99.0 cm³/mol. The minimum Gasteiger partial charge on any atom is -0.278 e. The summed E-state index contributed by atoms with van der Waals surface area (Å²) in [4.78, 5) is 1.07. The van der Waals surface area contributed by atoms with Crippen LogP contribution in [0.5, 0.6) is 0 Å². The van der Waals surface area contributed by atoms with Crippen LogP contribution in [0, 0.1) is 11.8 Å². The fraction of sp³-hybridized carbons (Fsp3) is 0. The zero-order chi connectivity index (χ0) is 17.0. The van der Waals surface area contributed by atoms with Gasteiger partial charge in [0.25, 0.3) is 10.0 Å². The highest BCUT2D eigenvalue weighted by atomic mass is 35.5. The van der Waals surface area contributed by atoms with Crippen molar-refractivity contribution in [3.63, 3.8) is 0 Å². The normalized spacial score (nSPS) is 10.7. The molecule has 1 heterocycles. The Hall–Kier alpha value is -2.26. The van der Waals surface area contributed by atoms with Crippen molar-refractivity contribution >= 4 is 38.6 Å². The molecular weight excluding hydrogens is 362 g/mol. The molecule has 0 atom stereocenters. The summed E-state index contributed by atoms with van der Waals surface area (Å²) in [5.74, 6) is 6.04. The van der Waals surface area contributed by atoms with Crippen molar-refractivity contribution in [1.29, 1.82) is 0 Å². The molecule has 1 N–H and O–H groups in total. The van der Waals surface area contributed by atoms with Crippen molar-refractivity contribution in [3.8, 4) is 11.8 Å². The molecule has 0 amide bonds. The Morgan fingerprint density at radius 3 is 2.38 bits per heavy atom. The van der Waals surface area contributed by atoms with E-state index in [-0.39, 0.29) is 4.90 Å². The van der Waals surface area contributed by atoms with Crippen LogP contribution in [0.1, 0.15) is 10.4 Å². The lowest BCUT2D eigenvalue weighted by molar-refractivity contribution is 0.601. The molecule has 3 rings (SSSR count). The van der Waals surface area contributed by atoms with Crippen LogP contribution in [0.2, 0.25) is 5.02 Å². The Kier molecular flexibility index (Phi) is 4.91. The van der Waals surface area contributed by atoms with Crippen LogP contribution in [0.25, 0.3) is 0 Å². The van der Waals surface area contributed by atoms with Gasteiger partial charge in [0, 0.05) is 10.6 Å². The molecule has 0 aliphatic carbocycles. The average molecular weight is 374 g/mol. The second-order valence-electron chi connectivity index (χ2n) is 4.83. The van der Waals surface area contributed by atoms with Gasteiger partial charge in [0.15, 0.2) is 0 Å². The lowest BCUT2D eigenvalue weighted by Crippen LogP contribution is -2.13. The van der Waals surface area contributed by atoms with Crippen LogP contribution in [0.3, 0.4) is 0 Å². The fourth-order valence-electron chi connectivity index (χ4n) is 1.98. The summed E-state index contributed by atoms with van der Waals surface area (Å²) < 4.78 is 27.6. The van der Waals surface area contributed by atoms with Crippen molar-refractivity contribution in [3.05, 3.63) is 81.5 Å². The molecule has 0 bridgehead atoms. The van der Waals surface area contributed by atoms with Gasteiger partial charge in [-0.05, 0) is 47.8 Å². The number of rotatable bonds is 3. The lowest BCUT2D eigenvalue weighted by atomic mass is 10.2. The van der Waals surface area contributed by atoms with Crippen LogP contribution in [-0.4, -0.2) is 8.42 Å². The molecule has 0 saturated heterocycles. The summed E-state index contributed by atoms with van der Waals surface area (Å²) in [6, 6.07) is 16.9. The van der Waals surface area contributed by atoms with E-state index < -0.39 is 10.0 Å². The number of nitrogens with one attached hydrogen (secondary N) is 1. The van der Waals surface area contributed by atoms with E-state index in [4.69, 9.17) is 11.6 Å². The molecule has 0 aliphatic rings. The lowest BCUT2D eigenvalue weighted by Gasteiger charge is -2.09. The van der Waals surface area contributed by atoms with Crippen LogP contribution in [0.15, 0.2) is 70.9 Å². The highest BCUT2D eigenvalue weighted by molar-refractivity contribution is 7.92. The SMILES string of the molecule is O=S(=O)(Nc1ccccc1C#Cc1cccs1)c1ccc(Cl)cc1. The predicted octanol–water partition coefficient (Wildman–Crippen LogP) is 4.60. The van der Waals surface area contributed by atoms with Crippen molar-refractivity contribution in [1.82, 2.24) is 0 Å². The van der Waals surface area contributed by atoms with Gasteiger partial charge in [0.1, 0.15) is 0 Å².